The molecular formula is C24H26N2O5S. The van der Waals surface area contributed by atoms with Crippen molar-refractivity contribution in [2.45, 2.75) is 24.2 Å². The maximum Gasteiger partial charge on any atom is 0.265 e. The largest absolute Gasteiger partial charge is 0.497 e. The molecule has 8 heteroatoms. The van der Waals surface area contributed by atoms with E-state index >= 15 is 0 Å². The lowest BCUT2D eigenvalue weighted by Gasteiger charge is -2.24. The Morgan fingerprint density at radius 3 is 2.06 bits per heavy atom. The zero-order valence-electron chi connectivity index (χ0n) is 18.4. The van der Waals surface area contributed by atoms with Crippen LogP contribution in [0.3, 0.4) is 0 Å². The van der Waals surface area contributed by atoms with Crippen molar-refractivity contribution in [2.75, 3.05) is 24.3 Å². The molecule has 0 heterocycles. The van der Waals surface area contributed by atoms with Crippen molar-refractivity contribution in [2.24, 2.45) is 0 Å². The van der Waals surface area contributed by atoms with Crippen LogP contribution in [0.5, 0.6) is 11.5 Å². The van der Waals surface area contributed by atoms with Gasteiger partial charge in [0.1, 0.15) is 16.4 Å². The predicted octanol–water partition coefficient (Wildman–Crippen LogP) is 4.42. The molecule has 0 saturated carbocycles. The summed E-state index contributed by atoms with van der Waals surface area (Å²) in [4.78, 5) is 12.9. The van der Waals surface area contributed by atoms with E-state index < -0.39 is 15.4 Å². The highest BCUT2D eigenvalue weighted by molar-refractivity contribution is 7.92. The molecule has 0 aromatic heterocycles. The number of amides is 1. The highest BCUT2D eigenvalue weighted by Gasteiger charge is 2.30. The monoisotopic (exact) mass is 454 g/mol. The number of methoxy groups -OCH3 is 2. The molecule has 0 radical (unpaired) electrons. The van der Waals surface area contributed by atoms with E-state index in [9.17, 15) is 13.2 Å². The van der Waals surface area contributed by atoms with Gasteiger partial charge < -0.3 is 14.8 Å². The number of ether oxygens (including phenoxy) is 2. The normalized spacial score (nSPS) is 11.5. The quantitative estimate of drug-likeness (QED) is 0.526. The third-order valence-electron chi connectivity index (χ3n) is 5.12. The number of hydrogen-bond donors (Lipinski definition) is 2. The number of rotatable bonds is 8. The molecule has 0 spiro atoms. The van der Waals surface area contributed by atoms with Crippen molar-refractivity contribution in [3.05, 3.63) is 78.4 Å². The minimum Gasteiger partial charge on any atom is -0.497 e. The Labute approximate surface area is 188 Å². The van der Waals surface area contributed by atoms with Crippen LogP contribution in [-0.2, 0) is 20.2 Å². The Bertz CT molecular complexity index is 1190. The van der Waals surface area contributed by atoms with Crippen LogP contribution < -0.4 is 19.5 Å². The maximum atomic E-state index is 13.1. The zero-order valence-corrected chi connectivity index (χ0v) is 19.2. The molecule has 2 N–H and O–H groups in total. The van der Waals surface area contributed by atoms with Gasteiger partial charge in [0.15, 0.2) is 0 Å². The highest BCUT2D eigenvalue weighted by atomic mass is 32.2. The summed E-state index contributed by atoms with van der Waals surface area (Å²) in [6.45, 7) is 3.62. The summed E-state index contributed by atoms with van der Waals surface area (Å²) in [6, 6.07) is 20.4. The standard InChI is InChI=1S/C24H26N2O5S/c1-24(2,17-8-6-5-7-9-17)23(27)25-19-12-15-21(31-4)22(16-19)32(28,29)26-18-10-13-20(30-3)14-11-18/h5-16,26H,1-4H3,(H,25,27). The second-order valence-corrected chi connectivity index (χ2v) is 9.30. The maximum absolute atomic E-state index is 13.1. The van der Waals surface area contributed by atoms with E-state index in [0.29, 0.717) is 17.1 Å². The molecule has 3 aromatic carbocycles. The second kappa shape index (κ2) is 9.32. The van der Waals surface area contributed by atoms with Gasteiger partial charge in [-0.05, 0) is 61.9 Å². The summed E-state index contributed by atoms with van der Waals surface area (Å²) < 4.78 is 39.0. The van der Waals surface area contributed by atoms with E-state index in [1.807, 2.05) is 44.2 Å². The molecule has 0 bridgehead atoms. The third kappa shape index (κ3) is 5.03. The van der Waals surface area contributed by atoms with Gasteiger partial charge in [-0.2, -0.15) is 0 Å². The molecule has 168 valence electrons. The molecule has 0 atom stereocenters. The molecule has 32 heavy (non-hydrogen) atoms. The number of hydrogen-bond acceptors (Lipinski definition) is 5. The number of carbonyl (C=O) groups is 1. The predicted molar refractivity (Wildman–Crippen MR) is 125 cm³/mol. The number of benzene rings is 3. The van der Waals surface area contributed by atoms with Crippen molar-refractivity contribution < 1.29 is 22.7 Å². The molecule has 0 unspecified atom stereocenters. The topological polar surface area (TPSA) is 93.7 Å². The van der Waals surface area contributed by atoms with Gasteiger partial charge in [-0.25, -0.2) is 8.42 Å². The molecular weight excluding hydrogens is 428 g/mol. The molecule has 3 rings (SSSR count). The summed E-state index contributed by atoms with van der Waals surface area (Å²) in [5.41, 5.74) is 0.740. The second-order valence-electron chi connectivity index (χ2n) is 7.64. The minimum atomic E-state index is -3.99. The Kier molecular flexibility index (Phi) is 6.74. The molecule has 7 nitrogen and oxygen atoms in total. The smallest absolute Gasteiger partial charge is 0.265 e. The summed E-state index contributed by atoms with van der Waals surface area (Å²) in [7, 11) is -1.07. The van der Waals surface area contributed by atoms with Crippen LogP contribution in [0.2, 0.25) is 0 Å². The van der Waals surface area contributed by atoms with Gasteiger partial charge in [0.05, 0.1) is 19.6 Å². The lowest BCUT2D eigenvalue weighted by Crippen LogP contribution is -2.34. The Morgan fingerprint density at radius 2 is 1.47 bits per heavy atom. The highest BCUT2D eigenvalue weighted by Crippen LogP contribution is 2.31. The van der Waals surface area contributed by atoms with E-state index in [4.69, 9.17) is 9.47 Å². The molecule has 0 fully saturated rings. The zero-order chi connectivity index (χ0) is 23.4. The average molecular weight is 455 g/mol. The number of sulfonamides is 1. The van der Waals surface area contributed by atoms with E-state index in [2.05, 4.69) is 10.0 Å². The van der Waals surface area contributed by atoms with Crippen molar-refractivity contribution in [3.8, 4) is 11.5 Å². The van der Waals surface area contributed by atoms with E-state index in [0.717, 1.165) is 5.56 Å². The first-order chi connectivity index (χ1) is 15.2. The van der Waals surface area contributed by atoms with Gasteiger partial charge in [-0.3, -0.25) is 9.52 Å². The van der Waals surface area contributed by atoms with Gasteiger partial charge in [0, 0.05) is 11.4 Å². The first-order valence-electron chi connectivity index (χ1n) is 9.89. The van der Waals surface area contributed by atoms with Gasteiger partial charge >= 0.3 is 0 Å². The van der Waals surface area contributed by atoms with Crippen LogP contribution in [-0.4, -0.2) is 28.5 Å². The lowest BCUT2D eigenvalue weighted by molar-refractivity contribution is -0.120. The van der Waals surface area contributed by atoms with Gasteiger partial charge in [0.25, 0.3) is 10.0 Å². The molecule has 3 aromatic rings. The number of nitrogens with one attached hydrogen (secondary N) is 2. The van der Waals surface area contributed by atoms with Gasteiger partial charge in [0.2, 0.25) is 5.91 Å². The van der Waals surface area contributed by atoms with Crippen LogP contribution in [0.25, 0.3) is 0 Å². The van der Waals surface area contributed by atoms with Crippen molar-refractivity contribution in [1.29, 1.82) is 0 Å². The third-order valence-corrected chi connectivity index (χ3v) is 6.52. The van der Waals surface area contributed by atoms with Crippen molar-refractivity contribution in [1.82, 2.24) is 0 Å². The fourth-order valence-electron chi connectivity index (χ4n) is 3.11. The molecule has 0 aliphatic heterocycles. The van der Waals surface area contributed by atoms with E-state index in [1.54, 1.807) is 30.3 Å². The van der Waals surface area contributed by atoms with Crippen molar-refractivity contribution in [3.63, 3.8) is 0 Å². The average Bonchev–Trinajstić information content (AvgIpc) is 2.79. The first-order valence-corrected chi connectivity index (χ1v) is 11.4. The fraction of sp³-hybridized carbons (Fsp3) is 0.208. The first kappa shape index (κ1) is 23.1. The van der Waals surface area contributed by atoms with Gasteiger partial charge in [-0.1, -0.05) is 30.3 Å². The van der Waals surface area contributed by atoms with E-state index in [-0.39, 0.29) is 16.6 Å². The van der Waals surface area contributed by atoms with Gasteiger partial charge in [-0.15, -0.1) is 0 Å². The van der Waals surface area contributed by atoms with Crippen LogP contribution >= 0.6 is 0 Å². The SMILES string of the molecule is COc1ccc(NS(=O)(=O)c2cc(NC(=O)C(C)(C)c3ccccc3)ccc2OC)cc1. The van der Waals surface area contributed by atoms with Crippen LogP contribution in [0, 0.1) is 0 Å². The number of anilines is 2. The summed E-state index contributed by atoms with van der Waals surface area (Å²) in [5.74, 6) is 0.503. The van der Waals surface area contributed by atoms with Crippen LogP contribution in [0.15, 0.2) is 77.7 Å². The fourth-order valence-corrected chi connectivity index (χ4v) is 4.36. The summed E-state index contributed by atoms with van der Waals surface area (Å²) in [6.07, 6.45) is 0. The Morgan fingerprint density at radius 1 is 0.844 bits per heavy atom. The Hall–Kier alpha value is -3.52. The molecule has 0 aliphatic rings. The van der Waals surface area contributed by atoms with Crippen molar-refractivity contribution >= 4 is 27.3 Å². The minimum absolute atomic E-state index is 0.0915. The van der Waals surface area contributed by atoms with Crippen LogP contribution in [0.4, 0.5) is 11.4 Å². The lowest BCUT2D eigenvalue weighted by atomic mass is 9.83. The summed E-state index contributed by atoms with van der Waals surface area (Å²) in [5, 5.41) is 2.82. The summed E-state index contributed by atoms with van der Waals surface area (Å²) >= 11 is 0. The molecule has 0 saturated heterocycles. The Balaban J connectivity index is 1.88. The molecule has 0 aliphatic carbocycles. The van der Waals surface area contributed by atoms with Crippen LogP contribution in [0.1, 0.15) is 19.4 Å². The molecule has 1 amide bonds. The van der Waals surface area contributed by atoms with E-state index in [1.165, 1.54) is 26.4 Å². The number of carbonyl (C=O) groups excluding carboxylic acids is 1.